The van der Waals surface area contributed by atoms with Crippen LogP contribution < -0.4 is 10.6 Å². The van der Waals surface area contributed by atoms with Crippen molar-refractivity contribution in [3.8, 4) is 0 Å². The smallest absolute Gasteiger partial charge is 0.236 e. The Bertz CT molecular complexity index is 433. The van der Waals surface area contributed by atoms with E-state index in [0.717, 1.165) is 25.9 Å². The average molecular weight is 461 g/mol. The van der Waals surface area contributed by atoms with Crippen LogP contribution in [-0.2, 0) is 28.5 Å². The molecular formula is C22H44N4O6. The van der Waals surface area contributed by atoms with Crippen molar-refractivity contribution in [3.05, 3.63) is 0 Å². The Labute approximate surface area is 193 Å². The molecule has 2 N–H and O–H groups in total. The van der Waals surface area contributed by atoms with Gasteiger partial charge < -0.3 is 39.4 Å². The number of hydrogen-bond acceptors (Lipinski definition) is 8. The summed E-state index contributed by atoms with van der Waals surface area (Å²) in [5.41, 5.74) is 0. The first-order chi connectivity index (χ1) is 15.7. The number of nitrogens with one attached hydrogen (secondary N) is 2. The van der Waals surface area contributed by atoms with Gasteiger partial charge in [-0.1, -0.05) is 0 Å². The molecule has 1 aliphatic rings. The van der Waals surface area contributed by atoms with E-state index in [-0.39, 0.29) is 11.8 Å². The first kappa shape index (κ1) is 28.7. The van der Waals surface area contributed by atoms with E-state index < -0.39 is 0 Å². The summed E-state index contributed by atoms with van der Waals surface area (Å²) in [6.07, 6.45) is 1.71. The van der Waals surface area contributed by atoms with Gasteiger partial charge in [-0.3, -0.25) is 9.59 Å². The zero-order valence-corrected chi connectivity index (χ0v) is 20.1. The van der Waals surface area contributed by atoms with Gasteiger partial charge >= 0.3 is 0 Å². The minimum atomic E-state index is 0.0804. The number of carbonyl (C=O) groups is 2. The lowest BCUT2D eigenvalue weighted by atomic mass is 10.3. The SMILES string of the molecule is CCOCCOCCCNCC(=O)N1CCN(C(=O)CNCCCOCCOCC)CC1. The fraction of sp³-hybridized carbons (Fsp3) is 0.909. The second-order valence-electron chi connectivity index (χ2n) is 7.44. The summed E-state index contributed by atoms with van der Waals surface area (Å²) in [6, 6.07) is 0. The second kappa shape index (κ2) is 20.3. The molecule has 0 atom stereocenters. The fourth-order valence-electron chi connectivity index (χ4n) is 3.15. The maximum Gasteiger partial charge on any atom is 0.236 e. The summed E-state index contributed by atoms with van der Waals surface area (Å²) in [5, 5.41) is 6.33. The van der Waals surface area contributed by atoms with Crippen LogP contribution in [0.4, 0.5) is 0 Å². The lowest BCUT2D eigenvalue weighted by Crippen LogP contribution is -2.53. The van der Waals surface area contributed by atoms with Crippen molar-refractivity contribution < 1.29 is 28.5 Å². The largest absolute Gasteiger partial charge is 0.379 e. The van der Waals surface area contributed by atoms with Gasteiger partial charge in [-0.25, -0.2) is 0 Å². The first-order valence-electron chi connectivity index (χ1n) is 12.0. The molecule has 0 aromatic rings. The standard InChI is InChI=1S/C22H44N4O6/c1-3-29-15-17-31-13-5-7-23-19-21(27)25-9-11-26(12-10-25)22(28)20-24-8-6-14-32-18-16-30-4-2/h23-24H,3-20H2,1-2H3. The van der Waals surface area contributed by atoms with Crippen molar-refractivity contribution in [3.63, 3.8) is 0 Å². The average Bonchev–Trinajstić information content (AvgIpc) is 2.81. The molecule has 0 radical (unpaired) electrons. The van der Waals surface area contributed by atoms with Crippen molar-refractivity contribution in [2.45, 2.75) is 26.7 Å². The molecule has 188 valence electrons. The van der Waals surface area contributed by atoms with E-state index in [2.05, 4.69) is 10.6 Å². The maximum atomic E-state index is 12.3. The van der Waals surface area contributed by atoms with E-state index in [4.69, 9.17) is 18.9 Å². The number of rotatable bonds is 20. The molecule has 10 heteroatoms. The molecule has 0 bridgehead atoms. The van der Waals surface area contributed by atoms with Crippen LogP contribution >= 0.6 is 0 Å². The summed E-state index contributed by atoms with van der Waals surface area (Å²) in [7, 11) is 0. The molecule has 32 heavy (non-hydrogen) atoms. The predicted molar refractivity (Wildman–Crippen MR) is 123 cm³/mol. The zero-order valence-electron chi connectivity index (χ0n) is 20.1. The zero-order chi connectivity index (χ0) is 23.3. The van der Waals surface area contributed by atoms with E-state index in [1.807, 2.05) is 23.6 Å². The molecule has 0 aromatic carbocycles. The van der Waals surface area contributed by atoms with Gasteiger partial charge in [0.2, 0.25) is 11.8 Å². The number of carbonyl (C=O) groups excluding carboxylic acids is 2. The summed E-state index contributed by atoms with van der Waals surface area (Å²) in [5.74, 6) is 0.161. The second-order valence-corrected chi connectivity index (χ2v) is 7.44. The van der Waals surface area contributed by atoms with Crippen LogP contribution in [0.5, 0.6) is 0 Å². The third kappa shape index (κ3) is 14.7. The Hall–Kier alpha value is -1.30. The normalized spacial score (nSPS) is 14.2. The lowest BCUT2D eigenvalue weighted by Gasteiger charge is -2.35. The molecular weight excluding hydrogens is 416 g/mol. The van der Waals surface area contributed by atoms with Crippen LogP contribution in [0.15, 0.2) is 0 Å². The van der Waals surface area contributed by atoms with Gasteiger partial charge in [0.15, 0.2) is 0 Å². The third-order valence-corrected chi connectivity index (χ3v) is 4.97. The van der Waals surface area contributed by atoms with Crippen LogP contribution in [0.1, 0.15) is 26.7 Å². The van der Waals surface area contributed by atoms with Gasteiger partial charge in [-0.05, 0) is 39.8 Å². The number of amides is 2. The molecule has 1 fully saturated rings. The number of nitrogens with zero attached hydrogens (tertiary/aromatic N) is 2. The minimum absolute atomic E-state index is 0.0804. The Balaban J connectivity index is 1.98. The highest BCUT2D eigenvalue weighted by Gasteiger charge is 2.23. The summed E-state index contributed by atoms with van der Waals surface area (Å²) in [6.45, 7) is 13.6. The van der Waals surface area contributed by atoms with Gasteiger partial charge in [0.05, 0.1) is 39.5 Å². The van der Waals surface area contributed by atoms with Crippen LogP contribution in [0.25, 0.3) is 0 Å². The molecule has 0 spiro atoms. The van der Waals surface area contributed by atoms with Crippen molar-refractivity contribution in [1.82, 2.24) is 20.4 Å². The van der Waals surface area contributed by atoms with Gasteiger partial charge in [0.1, 0.15) is 0 Å². The van der Waals surface area contributed by atoms with Gasteiger partial charge in [-0.15, -0.1) is 0 Å². The van der Waals surface area contributed by atoms with Gasteiger partial charge in [0, 0.05) is 52.6 Å². The maximum absolute atomic E-state index is 12.3. The molecule has 1 saturated heterocycles. The van der Waals surface area contributed by atoms with Crippen LogP contribution in [-0.4, -0.2) is 127 Å². The molecule has 1 rings (SSSR count). The third-order valence-electron chi connectivity index (χ3n) is 4.97. The van der Waals surface area contributed by atoms with Gasteiger partial charge in [0.25, 0.3) is 0 Å². The monoisotopic (exact) mass is 460 g/mol. The van der Waals surface area contributed by atoms with E-state index in [1.165, 1.54) is 0 Å². The van der Waals surface area contributed by atoms with Gasteiger partial charge in [-0.2, -0.15) is 0 Å². The Morgan fingerprint density at radius 3 is 1.38 bits per heavy atom. The highest BCUT2D eigenvalue weighted by Crippen LogP contribution is 2.02. The predicted octanol–water partition coefficient (Wildman–Crippen LogP) is -0.277. The first-order valence-corrected chi connectivity index (χ1v) is 12.0. The van der Waals surface area contributed by atoms with E-state index in [1.54, 1.807) is 0 Å². The molecule has 0 aliphatic carbocycles. The number of hydrogen-bond donors (Lipinski definition) is 2. The van der Waals surface area contributed by atoms with E-state index >= 15 is 0 Å². The highest BCUT2D eigenvalue weighted by atomic mass is 16.5. The molecule has 2 amide bonds. The van der Waals surface area contributed by atoms with Crippen molar-refractivity contribution in [2.24, 2.45) is 0 Å². The van der Waals surface area contributed by atoms with E-state index in [9.17, 15) is 9.59 Å². The molecule has 0 unspecified atom stereocenters. The minimum Gasteiger partial charge on any atom is -0.379 e. The fourth-order valence-corrected chi connectivity index (χ4v) is 3.15. The summed E-state index contributed by atoms with van der Waals surface area (Å²) >= 11 is 0. The summed E-state index contributed by atoms with van der Waals surface area (Å²) < 4.78 is 21.3. The van der Waals surface area contributed by atoms with Crippen LogP contribution in [0.2, 0.25) is 0 Å². The Morgan fingerprint density at radius 2 is 1.00 bits per heavy atom. The highest BCUT2D eigenvalue weighted by molar-refractivity contribution is 5.80. The van der Waals surface area contributed by atoms with Crippen molar-refractivity contribution >= 4 is 11.8 Å². The van der Waals surface area contributed by atoms with Crippen LogP contribution in [0.3, 0.4) is 0 Å². The topological polar surface area (TPSA) is 102 Å². The van der Waals surface area contributed by atoms with Crippen molar-refractivity contribution in [1.29, 1.82) is 0 Å². The van der Waals surface area contributed by atoms with E-state index in [0.29, 0.717) is 92.1 Å². The Morgan fingerprint density at radius 1 is 0.625 bits per heavy atom. The molecule has 1 aliphatic heterocycles. The van der Waals surface area contributed by atoms with Crippen molar-refractivity contribution in [2.75, 3.05) is 105 Å². The number of piperazine rings is 1. The molecule has 0 aromatic heterocycles. The van der Waals surface area contributed by atoms with Crippen LogP contribution in [0, 0.1) is 0 Å². The molecule has 10 nitrogen and oxygen atoms in total. The number of ether oxygens (including phenoxy) is 4. The Kier molecular flexibility index (Phi) is 18.2. The quantitative estimate of drug-likeness (QED) is 0.239. The summed E-state index contributed by atoms with van der Waals surface area (Å²) in [4.78, 5) is 28.3. The lowest BCUT2D eigenvalue weighted by molar-refractivity contribution is -0.138. The molecule has 0 saturated carbocycles. The molecule has 1 heterocycles.